The van der Waals surface area contributed by atoms with Gasteiger partial charge in [-0.25, -0.2) is 4.79 Å². The maximum absolute atomic E-state index is 13.2. The SMILES string of the molecule is COC(=O)C1=C(C)N(c2ccc([N+](=O)[O-])cc2)C(=O)/C1=C\c1ccc(C(C)C)cc1. The largest absolute Gasteiger partial charge is 0.465 e. The quantitative estimate of drug-likeness (QED) is 0.313. The zero-order chi connectivity index (χ0) is 22.0. The molecule has 0 saturated carbocycles. The van der Waals surface area contributed by atoms with Gasteiger partial charge in [0.1, 0.15) is 0 Å². The van der Waals surface area contributed by atoms with Gasteiger partial charge in [0.2, 0.25) is 0 Å². The molecule has 154 valence electrons. The number of nitro benzene ring substituents is 1. The average molecular weight is 406 g/mol. The lowest BCUT2D eigenvalue weighted by atomic mass is 9.99. The first-order chi connectivity index (χ1) is 14.2. The summed E-state index contributed by atoms with van der Waals surface area (Å²) in [6.45, 7) is 5.84. The van der Waals surface area contributed by atoms with Gasteiger partial charge >= 0.3 is 5.97 Å². The number of non-ortho nitro benzene ring substituents is 1. The van der Waals surface area contributed by atoms with Crippen molar-refractivity contribution < 1.29 is 19.2 Å². The molecule has 1 aliphatic heterocycles. The first-order valence-electron chi connectivity index (χ1n) is 9.44. The Bertz CT molecular complexity index is 1060. The molecule has 7 heteroatoms. The van der Waals surface area contributed by atoms with Crippen molar-refractivity contribution in [2.45, 2.75) is 26.7 Å². The van der Waals surface area contributed by atoms with Gasteiger partial charge in [0.15, 0.2) is 0 Å². The molecule has 2 aromatic rings. The van der Waals surface area contributed by atoms with E-state index in [1.165, 1.54) is 41.8 Å². The minimum atomic E-state index is -0.615. The van der Waals surface area contributed by atoms with Crippen molar-refractivity contribution in [1.82, 2.24) is 0 Å². The lowest BCUT2D eigenvalue weighted by Crippen LogP contribution is -2.24. The van der Waals surface area contributed by atoms with Crippen LogP contribution in [0, 0.1) is 10.1 Å². The van der Waals surface area contributed by atoms with Crippen LogP contribution < -0.4 is 4.90 Å². The fraction of sp³-hybridized carbons (Fsp3) is 0.217. The van der Waals surface area contributed by atoms with Crippen molar-refractivity contribution in [3.8, 4) is 0 Å². The third-order valence-electron chi connectivity index (χ3n) is 5.02. The number of hydrogen-bond acceptors (Lipinski definition) is 5. The van der Waals surface area contributed by atoms with E-state index >= 15 is 0 Å². The van der Waals surface area contributed by atoms with Crippen molar-refractivity contribution in [2.75, 3.05) is 12.0 Å². The Morgan fingerprint density at radius 2 is 1.70 bits per heavy atom. The molecule has 0 bridgehead atoms. The molecule has 0 saturated heterocycles. The van der Waals surface area contributed by atoms with Crippen LogP contribution in [0.25, 0.3) is 6.08 Å². The summed E-state index contributed by atoms with van der Waals surface area (Å²) in [6.07, 6.45) is 1.66. The van der Waals surface area contributed by atoms with Crippen LogP contribution in [0.5, 0.6) is 0 Å². The van der Waals surface area contributed by atoms with Gasteiger partial charge in [0.05, 0.1) is 23.2 Å². The van der Waals surface area contributed by atoms with Gasteiger partial charge in [-0.2, -0.15) is 0 Å². The second kappa shape index (κ2) is 8.32. The zero-order valence-electron chi connectivity index (χ0n) is 17.2. The van der Waals surface area contributed by atoms with Crippen LogP contribution >= 0.6 is 0 Å². The van der Waals surface area contributed by atoms with E-state index in [0.29, 0.717) is 17.3 Å². The Morgan fingerprint density at radius 1 is 1.10 bits per heavy atom. The molecule has 2 aromatic carbocycles. The smallest absolute Gasteiger partial charge is 0.340 e. The van der Waals surface area contributed by atoms with E-state index in [-0.39, 0.29) is 16.8 Å². The van der Waals surface area contributed by atoms with Crippen LogP contribution in [0.15, 0.2) is 65.4 Å². The predicted octanol–water partition coefficient (Wildman–Crippen LogP) is 4.60. The van der Waals surface area contributed by atoms with E-state index in [1.54, 1.807) is 13.0 Å². The molecule has 7 nitrogen and oxygen atoms in total. The number of anilines is 1. The molecular formula is C23H22N2O5. The maximum atomic E-state index is 13.2. The van der Waals surface area contributed by atoms with Crippen LogP contribution in [0.1, 0.15) is 37.8 Å². The molecule has 1 amide bonds. The lowest BCUT2D eigenvalue weighted by Gasteiger charge is -2.17. The number of benzene rings is 2. The Hall–Kier alpha value is -3.74. The Morgan fingerprint density at radius 3 is 2.20 bits per heavy atom. The molecule has 1 heterocycles. The summed E-state index contributed by atoms with van der Waals surface area (Å²) < 4.78 is 4.90. The number of carbonyl (C=O) groups is 2. The molecule has 0 radical (unpaired) electrons. The van der Waals surface area contributed by atoms with E-state index < -0.39 is 16.8 Å². The number of amides is 1. The topological polar surface area (TPSA) is 89.8 Å². The molecule has 0 fully saturated rings. The van der Waals surface area contributed by atoms with Crippen LogP contribution in [0.4, 0.5) is 11.4 Å². The molecular weight excluding hydrogens is 384 g/mol. The van der Waals surface area contributed by atoms with Crippen molar-refractivity contribution >= 4 is 29.3 Å². The van der Waals surface area contributed by atoms with Gasteiger partial charge in [0, 0.05) is 23.5 Å². The number of methoxy groups -OCH3 is 1. The van der Waals surface area contributed by atoms with Crippen LogP contribution in [0.2, 0.25) is 0 Å². The van der Waals surface area contributed by atoms with Gasteiger partial charge in [0.25, 0.3) is 11.6 Å². The average Bonchev–Trinajstić information content (AvgIpc) is 2.97. The van der Waals surface area contributed by atoms with Crippen LogP contribution in [-0.4, -0.2) is 23.9 Å². The minimum Gasteiger partial charge on any atom is -0.465 e. The van der Waals surface area contributed by atoms with E-state index in [4.69, 9.17) is 4.74 Å². The summed E-state index contributed by atoms with van der Waals surface area (Å²) in [6, 6.07) is 13.4. The highest BCUT2D eigenvalue weighted by Gasteiger charge is 2.38. The van der Waals surface area contributed by atoms with Crippen molar-refractivity contribution in [1.29, 1.82) is 0 Å². The first kappa shape index (κ1) is 21.0. The fourth-order valence-corrected chi connectivity index (χ4v) is 3.36. The van der Waals surface area contributed by atoms with Gasteiger partial charge in [-0.1, -0.05) is 38.1 Å². The summed E-state index contributed by atoms with van der Waals surface area (Å²) in [5, 5.41) is 10.9. The number of ether oxygens (including phenoxy) is 1. The fourth-order valence-electron chi connectivity index (χ4n) is 3.36. The number of allylic oxidation sites excluding steroid dienone is 1. The summed E-state index contributed by atoms with van der Waals surface area (Å²) in [4.78, 5) is 37.4. The summed E-state index contributed by atoms with van der Waals surface area (Å²) in [5.41, 5.74) is 3.10. The van der Waals surface area contributed by atoms with E-state index in [9.17, 15) is 19.7 Å². The molecule has 0 aromatic heterocycles. The summed E-state index contributed by atoms with van der Waals surface area (Å²) in [7, 11) is 1.26. The number of rotatable bonds is 5. The van der Waals surface area contributed by atoms with Gasteiger partial charge in [-0.05, 0) is 42.2 Å². The molecule has 0 unspecified atom stereocenters. The maximum Gasteiger partial charge on any atom is 0.340 e. The third-order valence-corrected chi connectivity index (χ3v) is 5.02. The van der Waals surface area contributed by atoms with Gasteiger partial charge in [-0.3, -0.25) is 19.8 Å². The number of carbonyl (C=O) groups excluding carboxylic acids is 2. The highest BCUT2D eigenvalue weighted by molar-refractivity contribution is 6.23. The lowest BCUT2D eigenvalue weighted by molar-refractivity contribution is -0.384. The normalized spacial score (nSPS) is 15.3. The standard InChI is InChI=1S/C23H22N2O5/c1-14(2)17-7-5-16(6-8-17)13-20-21(23(27)30-4)15(3)24(22(20)26)18-9-11-19(12-10-18)25(28)29/h5-14H,1-4H3/b20-13-. The highest BCUT2D eigenvalue weighted by atomic mass is 16.6. The number of nitrogens with zero attached hydrogens (tertiary/aromatic N) is 2. The van der Waals surface area contributed by atoms with E-state index in [2.05, 4.69) is 13.8 Å². The number of esters is 1. The molecule has 30 heavy (non-hydrogen) atoms. The molecule has 0 spiro atoms. The van der Waals surface area contributed by atoms with Crippen molar-refractivity contribution in [3.63, 3.8) is 0 Å². The predicted molar refractivity (Wildman–Crippen MR) is 114 cm³/mol. The molecule has 0 N–H and O–H groups in total. The molecule has 3 rings (SSSR count). The summed E-state index contributed by atoms with van der Waals surface area (Å²) >= 11 is 0. The minimum absolute atomic E-state index is 0.0822. The number of nitro groups is 1. The Kier molecular flexibility index (Phi) is 5.82. The Balaban J connectivity index is 2.06. The van der Waals surface area contributed by atoms with Gasteiger partial charge < -0.3 is 4.74 Å². The summed E-state index contributed by atoms with van der Waals surface area (Å²) in [5.74, 6) is -0.629. The zero-order valence-corrected chi connectivity index (χ0v) is 17.2. The highest BCUT2D eigenvalue weighted by Crippen LogP contribution is 2.36. The van der Waals surface area contributed by atoms with Crippen LogP contribution in [-0.2, 0) is 14.3 Å². The van der Waals surface area contributed by atoms with E-state index in [1.807, 2.05) is 24.3 Å². The molecule has 0 aliphatic carbocycles. The van der Waals surface area contributed by atoms with Crippen molar-refractivity contribution in [3.05, 3.63) is 86.6 Å². The monoisotopic (exact) mass is 406 g/mol. The number of hydrogen-bond donors (Lipinski definition) is 0. The van der Waals surface area contributed by atoms with Gasteiger partial charge in [-0.15, -0.1) is 0 Å². The van der Waals surface area contributed by atoms with Crippen LogP contribution in [0.3, 0.4) is 0 Å². The third kappa shape index (κ3) is 3.87. The second-order valence-electron chi connectivity index (χ2n) is 7.25. The Labute approximate surface area is 174 Å². The first-order valence-corrected chi connectivity index (χ1v) is 9.44. The second-order valence-corrected chi connectivity index (χ2v) is 7.25. The molecule has 0 atom stereocenters. The van der Waals surface area contributed by atoms with E-state index in [0.717, 1.165) is 5.56 Å². The molecule has 1 aliphatic rings. The van der Waals surface area contributed by atoms with Crippen molar-refractivity contribution in [2.24, 2.45) is 0 Å².